The molecule has 1 aromatic rings. The highest BCUT2D eigenvalue weighted by Gasteiger charge is 2.02. The fraction of sp³-hybridized carbons (Fsp3) is 0.444. The highest BCUT2D eigenvalue weighted by molar-refractivity contribution is 7.99. The molecule has 5 heteroatoms. The van der Waals surface area contributed by atoms with E-state index >= 15 is 0 Å². The molecule has 1 rings (SSSR count). The summed E-state index contributed by atoms with van der Waals surface area (Å²) in [6, 6.07) is 3.46. The molecule has 0 aromatic carbocycles. The molecule has 0 radical (unpaired) electrons. The maximum Gasteiger partial charge on any atom is 0.130 e. The van der Waals surface area contributed by atoms with Gasteiger partial charge in [0.05, 0.1) is 5.69 Å². The van der Waals surface area contributed by atoms with Crippen LogP contribution in [0.1, 0.15) is 6.42 Å². The average Bonchev–Trinajstić information content (AvgIpc) is 2.18. The first kappa shape index (κ1) is 11.6. The fourth-order valence-corrected chi connectivity index (χ4v) is 1.97. The second-order valence-electron chi connectivity index (χ2n) is 2.72. The number of halogens is 1. The maximum atomic E-state index is 5.75. The number of nitrogen functional groups attached to an aromatic ring is 1. The van der Waals surface area contributed by atoms with Gasteiger partial charge in [0.1, 0.15) is 10.2 Å². The lowest BCUT2D eigenvalue weighted by molar-refractivity contribution is 0.200. The Morgan fingerprint density at radius 1 is 1.57 bits per heavy atom. The lowest BCUT2D eigenvalue weighted by Gasteiger charge is -2.04. The second-order valence-corrected chi connectivity index (χ2v) is 4.19. The van der Waals surface area contributed by atoms with Crippen molar-refractivity contribution in [2.75, 3.05) is 25.2 Å². The van der Waals surface area contributed by atoms with Crippen LogP contribution in [0.2, 0.25) is 5.15 Å². The molecule has 0 fully saturated rings. The molecule has 1 aromatic heterocycles. The largest absolute Gasteiger partial charge is 0.397 e. The van der Waals surface area contributed by atoms with E-state index in [1.807, 2.05) is 0 Å². The third kappa shape index (κ3) is 3.74. The number of ether oxygens (including phenoxy) is 1. The van der Waals surface area contributed by atoms with Crippen molar-refractivity contribution in [1.29, 1.82) is 0 Å². The van der Waals surface area contributed by atoms with Gasteiger partial charge in [0, 0.05) is 19.5 Å². The summed E-state index contributed by atoms with van der Waals surface area (Å²) in [5, 5.41) is 1.28. The number of methoxy groups -OCH3 is 1. The van der Waals surface area contributed by atoms with Crippen molar-refractivity contribution in [3.8, 4) is 0 Å². The van der Waals surface area contributed by atoms with E-state index in [2.05, 4.69) is 4.98 Å². The molecule has 2 N–H and O–H groups in total. The minimum Gasteiger partial charge on any atom is -0.397 e. The third-order valence-corrected chi connectivity index (χ3v) is 2.89. The molecule has 0 unspecified atom stereocenters. The van der Waals surface area contributed by atoms with E-state index in [0.717, 1.165) is 23.8 Å². The topological polar surface area (TPSA) is 48.1 Å². The first-order chi connectivity index (χ1) is 6.74. The Bertz CT molecular complexity index is 296. The molecule has 0 amide bonds. The van der Waals surface area contributed by atoms with Crippen LogP contribution in [-0.2, 0) is 4.74 Å². The summed E-state index contributed by atoms with van der Waals surface area (Å²) in [5.74, 6) is 0.936. The smallest absolute Gasteiger partial charge is 0.130 e. The Morgan fingerprint density at radius 3 is 3.07 bits per heavy atom. The van der Waals surface area contributed by atoms with Crippen LogP contribution in [-0.4, -0.2) is 24.5 Å². The highest BCUT2D eigenvalue weighted by atomic mass is 35.5. The molecule has 0 spiro atoms. The number of hydrogen-bond acceptors (Lipinski definition) is 4. The highest BCUT2D eigenvalue weighted by Crippen LogP contribution is 2.24. The lowest BCUT2D eigenvalue weighted by Crippen LogP contribution is -1.95. The van der Waals surface area contributed by atoms with Gasteiger partial charge in [-0.2, -0.15) is 0 Å². The summed E-state index contributed by atoms with van der Waals surface area (Å²) in [7, 11) is 1.69. The zero-order valence-corrected chi connectivity index (χ0v) is 9.57. The summed E-state index contributed by atoms with van der Waals surface area (Å²) < 4.78 is 4.94. The molecule has 14 heavy (non-hydrogen) atoms. The summed E-state index contributed by atoms with van der Waals surface area (Å²) in [5.41, 5.74) is 6.41. The molecule has 0 saturated carbocycles. The van der Waals surface area contributed by atoms with Crippen molar-refractivity contribution in [2.24, 2.45) is 0 Å². The Morgan fingerprint density at radius 2 is 2.36 bits per heavy atom. The van der Waals surface area contributed by atoms with Crippen LogP contribution >= 0.6 is 23.4 Å². The molecule has 3 nitrogen and oxygen atoms in total. The van der Waals surface area contributed by atoms with E-state index in [-0.39, 0.29) is 0 Å². The van der Waals surface area contributed by atoms with Crippen LogP contribution in [0, 0.1) is 0 Å². The Hall–Kier alpha value is -0.450. The monoisotopic (exact) mass is 232 g/mol. The Balaban J connectivity index is 2.45. The number of aromatic nitrogens is 1. The van der Waals surface area contributed by atoms with Gasteiger partial charge >= 0.3 is 0 Å². The summed E-state index contributed by atoms with van der Waals surface area (Å²) >= 11 is 7.35. The number of rotatable bonds is 5. The van der Waals surface area contributed by atoms with Gasteiger partial charge in [0.25, 0.3) is 0 Å². The predicted octanol–water partition coefficient (Wildman–Crippen LogP) is 2.45. The maximum absolute atomic E-state index is 5.75. The quantitative estimate of drug-likeness (QED) is 0.481. The molecule has 78 valence electrons. The van der Waals surface area contributed by atoms with Crippen molar-refractivity contribution >= 4 is 29.1 Å². The van der Waals surface area contributed by atoms with Crippen LogP contribution in [0.25, 0.3) is 0 Å². The van der Waals surface area contributed by atoms with Crippen LogP contribution in [0.3, 0.4) is 0 Å². The van der Waals surface area contributed by atoms with E-state index in [0.29, 0.717) is 10.8 Å². The van der Waals surface area contributed by atoms with Crippen LogP contribution < -0.4 is 5.73 Å². The van der Waals surface area contributed by atoms with E-state index in [1.165, 1.54) is 0 Å². The zero-order chi connectivity index (χ0) is 10.4. The SMILES string of the molecule is COCCCSc1nc(Cl)ccc1N. The van der Waals surface area contributed by atoms with E-state index in [9.17, 15) is 0 Å². The molecule has 0 aliphatic heterocycles. The second kappa shape index (κ2) is 6.11. The van der Waals surface area contributed by atoms with Crippen molar-refractivity contribution in [3.05, 3.63) is 17.3 Å². The molecular formula is C9H13ClN2OS. The van der Waals surface area contributed by atoms with Crippen LogP contribution in [0.4, 0.5) is 5.69 Å². The molecule has 0 bridgehead atoms. The number of thioether (sulfide) groups is 1. The van der Waals surface area contributed by atoms with E-state index in [4.69, 9.17) is 22.1 Å². The minimum absolute atomic E-state index is 0.480. The average molecular weight is 233 g/mol. The van der Waals surface area contributed by atoms with Crippen molar-refractivity contribution < 1.29 is 4.74 Å². The van der Waals surface area contributed by atoms with Gasteiger partial charge in [-0.25, -0.2) is 4.98 Å². The van der Waals surface area contributed by atoms with Gasteiger partial charge in [-0.15, -0.1) is 11.8 Å². The third-order valence-electron chi connectivity index (χ3n) is 1.59. The lowest BCUT2D eigenvalue weighted by atomic mass is 10.4. The predicted molar refractivity (Wildman–Crippen MR) is 60.9 cm³/mol. The first-order valence-electron chi connectivity index (χ1n) is 4.28. The Kier molecular flexibility index (Phi) is 5.07. The summed E-state index contributed by atoms with van der Waals surface area (Å²) in [6.45, 7) is 0.757. The number of nitrogens with two attached hydrogens (primary N) is 1. The minimum atomic E-state index is 0.480. The van der Waals surface area contributed by atoms with E-state index in [1.54, 1.807) is 31.0 Å². The summed E-state index contributed by atoms with van der Waals surface area (Å²) in [4.78, 5) is 4.13. The standard InChI is InChI=1S/C9H13ClN2OS/c1-13-5-2-6-14-9-7(11)3-4-8(10)12-9/h3-4H,2,5-6,11H2,1H3. The molecule has 0 atom stereocenters. The fourth-order valence-electron chi connectivity index (χ4n) is 0.916. The molecule has 1 heterocycles. The zero-order valence-electron chi connectivity index (χ0n) is 8.00. The van der Waals surface area contributed by atoms with Crippen LogP contribution in [0.15, 0.2) is 17.2 Å². The van der Waals surface area contributed by atoms with Gasteiger partial charge < -0.3 is 10.5 Å². The molecular weight excluding hydrogens is 220 g/mol. The van der Waals surface area contributed by atoms with Crippen molar-refractivity contribution in [2.45, 2.75) is 11.4 Å². The normalized spacial score (nSPS) is 10.4. The van der Waals surface area contributed by atoms with Gasteiger partial charge in [-0.05, 0) is 18.6 Å². The number of anilines is 1. The van der Waals surface area contributed by atoms with Crippen molar-refractivity contribution in [1.82, 2.24) is 4.98 Å². The van der Waals surface area contributed by atoms with Gasteiger partial charge in [-0.1, -0.05) is 11.6 Å². The van der Waals surface area contributed by atoms with Gasteiger partial charge in [0.2, 0.25) is 0 Å². The van der Waals surface area contributed by atoms with Gasteiger partial charge in [0.15, 0.2) is 0 Å². The molecule has 0 aliphatic carbocycles. The van der Waals surface area contributed by atoms with Crippen LogP contribution in [0.5, 0.6) is 0 Å². The van der Waals surface area contributed by atoms with Crippen molar-refractivity contribution in [3.63, 3.8) is 0 Å². The molecule has 0 aliphatic rings. The Labute approximate surface area is 93.0 Å². The molecule has 0 saturated heterocycles. The number of nitrogens with zero attached hydrogens (tertiary/aromatic N) is 1. The first-order valence-corrected chi connectivity index (χ1v) is 5.64. The summed E-state index contributed by atoms with van der Waals surface area (Å²) in [6.07, 6.45) is 0.981. The van der Waals surface area contributed by atoms with Gasteiger partial charge in [-0.3, -0.25) is 0 Å². The van der Waals surface area contributed by atoms with E-state index < -0.39 is 0 Å². The number of pyridine rings is 1. The number of hydrogen-bond donors (Lipinski definition) is 1.